The zero-order valence-corrected chi connectivity index (χ0v) is 14.4. The summed E-state index contributed by atoms with van der Waals surface area (Å²) in [5.41, 5.74) is 3.52. The molecule has 2 heterocycles. The number of nitrogens with zero attached hydrogens (tertiary/aromatic N) is 4. The van der Waals surface area contributed by atoms with E-state index in [2.05, 4.69) is 30.4 Å². The van der Waals surface area contributed by atoms with E-state index in [4.69, 9.17) is 16.6 Å². The summed E-state index contributed by atoms with van der Waals surface area (Å²) in [4.78, 5) is 4.86. The van der Waals surface area contributed by atoms with Gasteiger partial charge in [0.2, 0.25) is 0 Å². The highest BCUT2D eigenvalue weighted by Crippen LogP contribution is 2.48. The van der Waals surface area contributed by atoms with Gasteiger partial charge in [0.25, 0.3) is 0 Å². The van der Waals surface area contributed by atoms with Gasteiger partial charge in [0.1, 0.15) is 11.3 Å². The Bertz CT molecular complexity index is 665. The van der Waals surface area contributed by atoms with Crippen LogP contribution in [0.2, 0.25) is 0 Å². The van der Waals surface area contributed by atoms with E-state index in [0.717, 1.165) is 29.1 Å². The van der Waals surface area contributed by atoms with Crippen molar-refractivity contribution < 1.29 is 0 Å². The summed E-state index contributed by atoms with van der Waals surface area (Å²) in [7, 11) is 2.02. The highest BCUT2D eigenvalue weighted by Gasteiger charge is 2.39. The van der Waals surface area contributed by atoms with Gasteiger partial charge in [-0.1, -0.05) is 27.2 Å². The molecule has 2 unspecified atom stereocenters. The smallest absolute Gasteiger partial charge is 0.158 e. The van der Waals surface area contributed by atoms with E-state index in [1.807, 2.05) is 18.7 Å². The minimum absolute atomic E-state index is 0.0847. The lowest BCUT2D eigenvalue weighted by Crippen LogP contribution is -2.24. The van der Waals surface area contributed by atoms with Crippen molar-refractivity contribution in [3.05, 3.63) is 11.5 Å². The number of aryl methyl sites for hydroxylation is 2. The van der Waals surface area contributed by atoms with Crippen molar-refractivity contribution >= 4 is 22.8 Å². The van der Waals surface area contributed by atoms with Crippen molar-refractivity contribution in [3.8, 4) is 0 Å². The van der Waals surface area contributed by atoms with Crippen LogP contribution < -0.4 is 0 Å². The van der Waals surface area contributed by atoms with E-state index < -0.39 is 0 Å². The second-order valence-corrected chi connectivity index (χ2v) is 7.60. The van der Waals surface area contributed by atoms with Gasteiger partial charge in [0.05, 0.1) is 11.1 Å². The Morgan fingerprint density at radius 1 is 1.43 bits per heavy atom. The van der Waals surface area contributed by atoms with Crippen LogP contribution in [0.25, 0.3) is 11.2 Å². The van der Waals surface area contributed by atoms with Gasteiger partial charge in [-0.15, -0.1) is 11.6 Å². The van der Waals surface area contributed by atoms with Gasteiger partial charge in [-0.2, -0.15) is 5.10 Å². The largest absolute Gasteiger partial charge is 0.308 e. The van der Waals surface area contributed by atoms with Crippen LogP contribution in [0.1, 0.15) is 69.9 Å². The average Bonchev–Trinajstić information content (AvgIpc) is 3.02. The summed E-state index contributed by atoms with van der Waals surface area (Å²) in [6.45, 7) is 8.86. The van der Waals surface area contributed by atoms with Gasteiger partial charge < -0.3 is 4.57 Å². The fraction of sp³-hybridized carbons (Fsp3) is 0.750. The molecule has 0 aromatic carbocycles. The molecule has 2 atom stereocenters. The SMILES string of the molecule is CCc1nn(C)c2c1nc(C(C)Cl)n2C1CCCC1(C)C. The molecule has 0 N–H and O–H groups in total. The first-order valence-corrected chi connectivity index (χ1v) is 8.38. The van der Waals surface area contributed by atoms with Crippen LogP contribution in [0.15, 0.2) is 0 Å². The minimum Gasteiger partial charge on any atom is -0.308 e. The number of hydrogen-bond donors (Lipinski definition) is 0. The average molecular weight is 309 g/mol. The van der Waals surface area contributed by atoms with Crippen LogP contribution in [0, 0.1) is 5.41 Å². The van der Waals surface area contributed by atoms with Crippen molar-refractivity contribution in [3.63, 3.8) is 0 Å². The summed E-state index contributed by atoms with van der Waals surface area (Å²) in [5, 5.41) is 4.55. The van der Waals surface area contributed by atoms with Crippen molar-refractivity contribution in [1.29, 1.82) is 0 Å². The maximum absolute atomic E-state index is 6.44. The highest BCUT2D eigenvalue weighted by atomic mass is 35.5. The molecule has 3 rings (SSSR count). The standard InChI is InChI=1S/C16H25ClN4/c1-6-11-13-15(20(5)19-11)21(14(18-13)10(2)17)12-8-7-9-16(12,3)4/h10,12H,6-9H2,1-5H3. The summed E-state index contributed by atoms with van der Waals surface area (Å²) >= 11 is 6.44. The molecule has 2 aromatic rings. The molecule has 0 bridgehead atoms. The predicted molar refractivity (Wildman–Crippen MR) is 86.8 cm³/mol. The molecular formula is C16H25ClN4. The van der Waals surface area contributed by atoms with Gasteiger partial charge in [-0.25, -0.2) is 4.98 Å². The lowest BCUT2D eigenvalue weighted by molar-refractivity contribution is 0.259. The monoisotopic (exact) mass is 308 g/mol. The Morgan fingerprint density at radius 3 is 2.67 bits per heavy atom. The first-order valence-electron chi connectivity index (χ1n) is 7.94. The lowest BCUT2D eigenvalue weighted by atomic mass is 9.87. The van der Waals surface area contributed by atoms with E-state index in [-0.39, 0.29) is 10.8 Å². The Kier molecular flexibility index (Phi) is 3.55. The van der Waals surface area contributed by atoms with Crippen LogP contribution >= 0.6 is 11.6 Å². The lowest BCUT2D eigenvalue weighted by Gasteiger charge is -2.30. The Hall–Kier alpha value is -1.03. The van der Waals surface area contributed by atoms with Crippen molar-refractivity contribution in [2.45, 2.75) is 64.8 Å². The number of rotatable bonds is 3. The fourth-order valence-corrected chi connectivity index (χ4v) is 3.99. The molecule has 21 heavy (non-hydrogen) atoms. The third kappa shape index (κ3) is 2.19. The van der Waals surface area contributed by atoms with Crippen LogP contribution in [0.5, 0.6) is 0 Å². The molecular weight excluding hydrogens is 284 g/mol. The van der Waals surface area contributed by atoms with Gasteiger partial charge in [0.15, 0.2) is 5.65 Å². The normalized spacial score (nSPS) is 23.0. The molecule has 116 valence electrons. The molecule has 5 heteroatoms. The molecule has 2 aromatic heterocycles. The van der Waals surface area contributed by atoms with Gasteiger partial charge in [-0.05, 0) is 31.6 Å². The number of imidazole rings is 1. The molecule has 0 radical (unpaired) electrons. The summed E-state index contributed by atoms with van der Waals surface area (Å²) in [6, 6.07) is 0.457. The molecule has 0 saturated heterocycles. The molecule has 1 fully saturated rings. The Balaban J connectivity index is 2.28. The summed E-state index contributed by atoms with van der Waals surface area (Å²) < 4.78 is 4.37. The zero-order chi connectivity index (χ0) is 15.4. The van der Waals surface area contributed by atoms with E-state index in [9.17, 15) is 0 Å². The molecule has 0 aliphatic heterocycles. The van der Waals surface area contributed by atoms with E-state index in [1.54, 1.807) is 0 Å². The third-order valence-electron chi connectivity index (χ3n) is 4.97. The molecule has 4 nitrogen and oxygen atoms in total. The maximum Gasteiger partial charge on any atom is 0.158 e. The predicted octanol–water partition coefficient (Wildman–Crippen LogP) is 4.38. The van der Waals surface area contributed by atoms with Crippen LogP contribution in [0.3, 0.4) is 0 Å². The number of aromatic nitrogens is 4. The van der Waals surface area contributed by atoms with Gasteiger partial charge in [0, 0.05) is 13.1 Å². The third-order valence-corrected chi connectivity index (χ3v) is 5.16. The number of halogens is 1. The molecule has 1 saturated carbocycles. The van der Waals surface area contributed by atoms with Crippen LogP contribution in [-0.2, 0) is 13.5 Å². The van der Waals surface area contributed by atoms with Crippen molar-refractivity contribution in [2.75, 3.05) is 0 Å². The molecule has 1 aliphatic carbocycles. The summed E-state index contributed by atoms with van der Waals surface area (Å²) in [6.07, 6.45) is 4.62. The molecule has 0 amide bonds. The summed E-state index contributed by atoms with van der Waals surface area (Å²) in [5.74, 6) is 0.995. The number of hydrogen-bond acceptors (Lipinski definition) is 2. The Morgan fingerprint density at radius 2 is 2.14 bits per heavy atom. The maximum atomic E-state index is 6.44. The first kappa shape index (κ1) is 14.9. The van der Waals surface area contributed by atoms with Crippen molar-refractivity contribution in [2.24, 2.45) is 12.5 Å². The van der Waals surface area contributed by atoms with Crippen LogP contribution in [-0.4, -0.2) is 19.3 Å². The van der Waals surface area contributed by atoms with Crippen molar-refractivity contribution in [1.82, 2.24) is 19.3 Å². The highest BCUT2D eigenvalue weighted by molar-refractivity contribution is 6.20. The number of alkyl halides is 1. The van der Waals surface area contributed by atoms with Gasteiger partial charge >= 0.3 is 0 Å². The van der Waals surface area contributed by atoms with E-state index in [0.29, 0.717) is 6.04 Å². The van der Waals surface area contributed by atoms with E-state index in [1.165, 1.54) is 19.3 Å². The topological polar surface area (TPSA) is 35.6 Å². The zero-order valence-electron chi connectivity index (χ0n) is 13.6. The first-order chi connectivity index (χ1) is 9.86. The fourth-order valence-electron chi connectivity index (χ4n) is 3.83. The van der Waals surface area contributed by atoms with Crippen LogP contribution in [0.4, 0.5) is 0 Å². The minimum atomic E-state index is -0.0847. The Labute approximate surface area is 131 Å². The quantitative estimate of drug-likeness (QED) is 0.789. The molecule has 1 aliphatic rings. The molecule has 0 spiro atoms. The number of fused-ring (bicyclic) bond motifs is 1. The second kappa shape index (κ2) is 5.01. The second-order valence-electron chi connectivity index (χ2n) is 6.95. The van der Waals surface area contributed by atoms with Gasteiger partial charge in [-0.3, -0.25) is 4.68 Å². The van der Waals surface area contributed by atoms with E-state index >= 15 is 0 Å².